The average Bonchev–Trinajstić information content (AvgIpc) is 2.34. The number of nitrogens with zero attached hydrogens (tertiary/aromatic N) is 1. The molecule has 1 heterocycles. The van der Waals surface area contributed by atoms with Crippen LogP contribution in [0.15, 0.2) is 30.9 Å². The molecule has 0 aromatic heterocycles. The molecule has 90 valence electrons. The van der Waals surface area contributed by atoms with Gasteiger partial charge in [0.25, 0.3) is 5.91 Å². The van der Waals surface area contributed by atoms with E-state index in [-0.39, 0.29) is 5.91 Å². The highest BCUT2D eigenvalue weighted by Crippen LogP contribution is 2.34. The first kappa shape index (κ1) is 11.7. The van der Waals surface area contributed by atoms with Crippen LogP contribution in [0.2, 0.25) is 0 Å². The Balaban J connectivity index is 2.44. The minimum absolute atomic E-state index is 0.0436. The van der Waals surface area contributed by atoms with Crippen LogP contribution in [0.4, 0.5) is 5.69 Å². The maximum Gasteiger partial charge on any atom is 0.268 e. The Morgan fingerprint density at radius 3 is 3.00 bits per heavy atom. The van der Waals surface area contributed by atoms with E-state index in [9.17, 15) is 4.79 Å². The van der Waals surface area contributed by atoms with E-state index in [1.807, 2.05) is 18.2 Å². The normalized spacial score (nSPS) is 18.6. The summed E-state index contributed by atoms with van der Waals surface area (Å²) >= 11 is 0. The van der Waals surface area contributed by atoms with Gasteiger partial charge in [0.05, 0.1) is 5.69 Å². The molecule has 4 nitrogen and oxygen atoms in total. The molecule has 2 rings (SSSR count). The Kier molecular flexibility index (Phi) is 3.15. The van der Waals surface area contributed by atoms with Gasteiger partial charge in [-0.1, -0.05) is 12.1 Å². The third-order valence-electron chi connectivity index (χ3n) is 2.78. The molecule has 0 saturated heterocycles. The number of hydrogen-bond donors (Lipinski definition) is 1. The first-order chi connectivity index (χ1) is 8.17. The second kappa shape index (κ2) is 4.59. The van der Waals surface area contributed by atoms with Crippen molar-refractivity contribution < 1.29 is 9.53 Å². The Bertz CT molecular complexity index is 457. The molecule has 1 aromatic rings. The van der Waals surface area contributed by atoms with Crippen LogP contribution in [0, 0.1) is 0 Å². The smallest absolute Gasteiger partial charge is 0.268 e. The van der Waals surface area contributed by atoms with E-state index in [1.165, 1.54) is 0 Å². The van der Waals surface area contributed by atoms with Crippen LogP contribution in [-0.4, -0.2) is 18.6 Å². The van der Waals surface area contributed by atoms with E-state index in [1.54, 1.807) is 17.9 Å². The van der Waals surface area contributed by atoms with Crippen molar-refractivity contribution in [3.63, 3.8) is 0 Å². The highest BCUT2D eigenvalue weighted by Gasteiger charge is 2.30. The molecule has 4 heteroatoms. The number of amides is 1. The predicted molar refractivity (Wildman–Crippen MR) is 67.0 cm³/mol. The van der Waals surface area contributed by atoms with Gasteiger partial charge in [0, 0.05) is 13.1 Å². The summed E-state index contributed by atoms with van der Waals surface area (Å²) < 4.78 is 5.58. The maximum absolute atomic E-state index is 12.0. The molecule has 1 atom stereocenters. The van der Waals surface area contributed by atoms with Crippen LogP contribution < -0.4 is 15.4 Å². The van der Waals surface area contributed by atoms with Gasteiger partial charge in [-0.05, 0) is 24.6 Å². The van der Waals surface area contributed by atoms with E-state index in [0.29, 0.717) is 18.8 Å². The summed E-state index contributed by atoms with van der Waals surface area (Å²) in [5.41, 5.74) is 7.36. The lowest BCUT2D eigenvalue weighted by atomic mass is 10.1. The molecule has 0 spiro atoms. The number of carbonyl (C=O) groups is 1. The predicted octanol–water partition coefficient (Wildman–Crippen LogP) is 1.45. The van der Waals surface area contributed by atoms with Gasteiger partial charge in [-0.15, -0.1) is 6.58 Å². The molecule has 17 heavy (non-hydrogen) atoms. The Hall–Kier alpha value is -1.81. The van der Waals surface area contributed by atoms with Gasteiger partial charge < -0.3 is 15.4 Å². The van der Waals surface area contributed by atoms with Crippen LogP contribution in [0.1, 0.15) is 12.5 Å². The quantitative estimate of drug-likeness (QED) is 0.802. The van der Waals surface area contributed by atoms with Crippen molar-refractivity contribution in [2.45, 2.75) is 19.6 Å². The summed E-state index contributed by atoms with van der Waals surface area (Å²) in [6.45, 7) is 6.36. The fourth-order valence-corrected chi connectivity index (χ4v) is 1.90. The first-order valence-corrected chi connectivity index (χ1v) is 5.59. The van der Waals surface area contributed by atoms with E-state index in [0.717, 1.165) is 11.3 Å². The Labute approximate surface area is 101 Å². The first-order valence-electron chi connectivity index (χ1n) is 5.59. The van der Waals surface area contributed by atoms with Crippen molar-refractivity contribution in [3.05, 3.63) is 36.4 Å². The minimum Gasteiger partial charge on any atom is -0.479 e. The molecule has 0 saturated carbocycles. The zero-order valence-corrected chi connectivity index (χ0v) is 9.85. The van der Waals surface area contributed by atoms with E-state index < -0.39 is 6.10 Å². The number of anilines is 1. The molecule has 1 aliphatic rings. The van der Waals surface area contributed by atoms with Gasteiger partial charge in [0.15, 0.2) is 6.10 Å². The standard InChI is InChI=1S/C13H16N2O2/c1-3-6-15-11-5-4-10(8-14)7-12(11)17-9(2)13(15)16/h3-5,7,9H,1,6,8,14H2,2H3. The van der Waals surface area contributed by atoms with E-state index in [4.69, 9.17) is 10.5 Å². The number of rotatable bonds is 3. The molecule has 1 unspecified atom stereocenters. The van der Waals surface area contributed by atoms with Crippen molar-refractivity contribution in [2.24, 2.45) is 5.73 Å². The van der Waals surface area contributed by atoms with Gasteiger partial charge >= 0.3 is 0 Å². The fourth-order valence-electron chi connectivity index (χ4n) is 1.90. The summed E-state index contributed by atoms with van der Waals surface area (Å²) in [4.78, 5) is 13.6. The molecule has 2 N–H and O–H groups in total. The van der Waals surface area contributed by atoms with Crippen LogP contribution in [-0.2, 0) is 11.3 Å². The molecule has 1 amide bonds. The zero-order chi connectivity index (χ0) is 12.4. The molecule has 1 aromatic carbocycles. The maximum atomic E-state index is 12.0. The Morgan fingerprint density at radius 1 is 1.59 bits per heavy atom. The van der Waals surface area contributed by atoms with Gasteiger partial charge in [0.2, 0.25) is 0 Å². The monoisotopic (exact) mass is 232 g/mol. The van der Waals surface area contributed by atoms with Gasteiger partial charge in [-0.3, -0.25) is 4.79 Å². The van der Waals surface area contributed by atoms with Gasteiger partial charge in [0.1, 0.15) is 5.75 Å². The van der Waals surface area contributed by atoms with Crippen molar-refractivity contribution in [3.8, 4) is 5.75 Å². The van der Waals surface area contributed by atoms with Gasteiger partial charge in [-0.2, -0.15) is 0 Å². The minimum atomic E-state index is -0.463. The molecule has 1 aliphatic heterocycles. The van der Waals surface area contributed by atoms with Crippen molar-refractivity contribution in [1.29, 1.82) is 0 Å². The Morgan fingerprint density at radius 2 is 2.35 bits per heavy atom. The SMILES string of the molecule is C=CCN1C(=O)C(C)Oc2cc(CN)ccc21. The lowest BCUT2D eigenvalue weighted by Crippen LogP contribution is -2.44. The third kappa shape index (κ3) is 2.03. The van der Waals surface area contributed by atoms with Crippen molar-refractivity contribution in [1.82, 2.24) is 0 Å². The zero-order valence-electron chi connectivity index (χ0n) is 9.85. The number of hydrogen-bond acceptors (Lipinski definition) is 3. The van der Waals surface area contributed by atoms with Crippen molar-refractivity contribution in [2.75, 3.05) is 11.4 Å². The fraction of sp³-hybridized carbons (Fsp3) is 0.308. The third-order valence-corrected chi connectivity index (χ3v) is 2.78. The molecule has 0 bridgehead atoms. The second-order valence-corrected chi connectivity index (χ2v) is 4.00. The highest BCUT2D eigenvalue weighted by atomic mass is 16.5. The summed E-state index contributed by atoms with van der Waals surface area (Å²) in [5, 5.41) is 0. The van der Waals surface area contributed by atoms with Crippen molar-refractivity contribution >= 4 is 11.6 Å². The van der Waals surface area contributed by atoms with E-state index >= 15 is 0 Å². The molecular weight excluding hydrogens is 216 g/mol. The highest BCUT2D eigenvalue weighted by molar-refractivity contribution is 6.00. The molecule has 0 fully saturated rings. The summed E-state index contributed by atoms with van der Waals surface area (Å²) in [6.07, 6.45) is 1.24. The van der Waals surface area contributed by atoms with E-state index in [2.05, 4.69) is 6.58 Å². The lowest BCUT2D eigenvalue weighted by molar-refractivity contribution is -0.125. The van der Waals surface area contributed by atoms with Crippen LogP contribution in [0.25, 0.3) is 0 Å². The number of nitrogens with two attached hydrogens (primary N) is 1. The second-order valence-electron chi connectivity index (χ2n) is 4.00. The van der Waals surface area contributed by atoms with Gasteiger partial charge in [-0.25, -0.2) is 0 Å². The molecular formula is C13H16N2O2. The largest absolute Gasteiger partial charge is 0.479 e. The molecule has 0 aliphatic carbocycles. The van der Waals surface area contributed by atoms with Crippen LogP contribution in [0.3, 0.4) is 0 Å². The number of fused-ring (bicyclic) bond motifs is 1. The number of benzene rings is 1. The number of ether oxygens (including phenoxy) is 1. The topological polar surface area (TPSA) is 55.6 Å². The number of carbonyl (C=O) groups excluding carboxylic acids is 1. The summed E-state index contributed by atoms with van der Waals surface area (Å²) in [5.74, 6) is 0.666. The summed E-state index contributed by atoms with van der Waals surface area (Å²) in [6, 6.07) is 5.65. The average molecular weight is 232 g/mol. The summed E-state index contributed by atoms with van der Waals surface area (Å²) in [7, 11) is 0. The molecule has 0 radical (unpaired) electrons. The van der Waals surface area contributed by atoms with Crippen LogP contribution in [0.5, 0.6) is 5.75 Å². The lowest BCUT2D eigenvalue weighted by Gasteiger charge is -2.32. The van der Waals surface area contributed by atoms with Crippen LogP contribution >= 0.6 is 0 Å².